The van der Waals surface area contributed by atoms with Crippen LogP contribution in [0.4, 0.5) is 0 Å². The van der Waals surface area contributed by atoms with Crippen molar-refractivity contribution in [3.8, 4) is 11.5 Å². The number of quaternary nitrogens is 1. The molecule has 0 saturated carbocycles. The van der Waals surface area contributed by atoms with Crippen molar-refractivity contribution in [2.75, 3.05) is 13.2 Å². The maximum Gasteiger partial charge on any atom is 0.319 e. The first-order valence-electron chi connectivity index (χ1n) is 9.04. The zero-order valence-electron chi connectivity index (χ0n) is 15.7. The monoisotopic (exact) mass is 371 g/mol. The van der Waals surface area contributed by atoms with Gasteiger partial charge in [0.1, 0.15) is 11.5 Å². The number of hydrogen-bond donors (Lipinski definition) is 1. The van der Waals surface area contributed by atoms with E-state index in [2.05, 4.69) is 12.7 Å². The summed E-state index contributed by atoms with van der Waals surface area (Å²) in [4.78, 5) is 12.1. The molecule has 1 aliphatic rings. The van der Waals surface area contributed by atoms with E-state index in [1.165, 1.54) is 0 Å². The summed E-state index contributed by atoms with van der Waals surface area (Å²) < 4.78 is 28.6. The van der Waals surface area contributed by atoms with Crippen LogP contribution in [-0.2, 0) is 15.5 Å². The molecule has 0 saturated heterocycles. The average molecular weight is 371 g/mol. The van der Waals surface area contributed by atoms with Crippen LogP contribution >= 0.6 is 7.82 Å². The number of phosphoric ester groups is 1. The molecule has 1 aliphatic heterocycles. The van der Waals surface area contributed by atoms with E-state index in [-0.39, 0.29) is 12.7 Å². The molecule has 1 aromatic carbocycles. The Bertz CT molecular complexity index is 662. The van der Waals surface area contributed by atoms with Crippen LogP contribution in [-0.4, -0.2) is 19.3 Å². The summed E-state index contributed by atoms with van der Waals surface area (Å²) in [6.45, 7) is 8.56. The van der Waals surface area contributed by atoms with E-state index in [0.29, 0.717) is 18.7 Å². The summed E-state index contributed by atoms with van der Waals surface area (Å²) in [6, 6.07) is 0. The molecular formula is C18H30NO5P. The summed E-state index contributed by atoms with van der Waals surface area (Å²) in [6.07, 6.45) is 4.74. The normalized spacial score (nSPS) is 19.0. The average Bonchev–Trinajstić information content (AvgIpc) is 2.57. The number of phosphoric acid groups is 1. The number of fused-ring (bicyclic) bond motifs is 1. The minimum Gasteiger partial charge on any atom is -0.746 e. The van der Waals surface area contributed by atoms with Crippen LogP contribution in [0.15, 0.2) is 0 Å². The molecule has 1 aromatic rings. The lowest BCUT2D eigenvalue weighted by Crippen LogP contribution is -2.50. The van der Waals surface area contributed by atoms with Gasteiger partial charge in [0.25, 0.3) is 0 Å². The molecule has 2 rings (SSSR count). The molecule has 3 N–H and O–H groups in total. The lowest BCUT2D eigenvalue weighted by atomic mass is 9.91. The van der Waals surface area contributed by atoms with Crippen LogP contribution in [0.1, 0.15) is 54.9 Å². The SMILES string of the molecule is CCCC1CCc2c(C)c(OP(=O)([O-])OCCC[NH3+])c(C)c(C)c2O1. The molecule has 0 fully saturated rings. The van der Waals surface area contributed by atoms with E-state index >= 15 is 0 Å². The fourth-order valence-electron chi connectivity index (χ4n) is 3.23. The Morgan fingerprint density at radius 1 is 1.28 bits per heavy atom. The van der Waals surface area contributed by atoms with Crippen molar-refractivity contribution in [2.45, 2.75) is 65.9 Å². The van der Waals surface area contributed by atoms with Gasteiger partial charge in [-0.25, -0.2) is 0 Å². The van der Waals surface area contributed by atoms with E-state index in [9.17, 15) is 9.46 Å². The topological polar surface area (TPSA) is 95.5 Å². The van der Waals surface area contributed by atoms with E-state index < -0.39 is 7.82 Å². The Hall–Kier alpha value is -1.07. The predicted octanol–water partition coefficient (Wildman–Crippen LogP) is 2.60. The first-order valence-corrected chi connectivity index (χ1v) is 10.5. The highest BCUT2D eigenvalue weighted by molar-refractivity contribution is 7.46. The van der Waals surface area contributed by atoms with Crippen molar-refractivity contribution >= 4 is 7.82 Å². The third-order valence-corrected chi connectivity index (χ3v) is 5.67. The molecule has 1 heterocycles. The van der Waals surface area contributed by atoms with Crippen molar-refractivity contribution in [3.05, 3.63) is 22.3 Å². The number of ether oxygens (including phenoxy) is 1. The molecule has 0 aliphatic carbocycles. The Labute approximate surface area is 150 Å². The van der Waals surface area contributed by atoms with Crippen molar-refractivity contribution in [3.63, 3.8) is 0 Å². The molecule has 2 unspecified atom stereocenters. The zero-order chi connectivity index (χ0) is 18.6. The van der Waals surface area contributed by atoms with Crippen molar-refractivity contribution in [2.24, 2.45) is 0 Å². The van der Waals surface area contributed by atoms with E-state index in [1.807, 2.05) is 20.8 Å². The highest BCUT2D eigenvalue weighted by atomic mass is 31.2. The molecule has 6 nitrogen and oxygen atoms in total. The Balaban J connectivity index is 2.30. The van der Waals surface area contributed by atoms with E-state index in [0.717, 1.165) is 53.7 Å². The maximum atomic E-state index is 12.1. The van der Waals surface area contributed by atoms with Gasteiger partial charge >= 0.3 is 7.82 Å². The van der Waals surface area contributed by atoms with Gasteiger partial charge in [-0.1, -0.05) is 13.3 Å². The molecule has 7 heteroatoms. The summed E-state index contributed by atoms with van der Waals surface area (Å²) in [7, 11) is -4.40. The minimum atomic E-state index is -4.40. The van der Waals surface area contributed by atoms with Crippen LogP contribution in [0, 0.1) is 20.8 Å². The standard InChI is InChI=1S/C18H30NO5P/c1-5-7-15-8-9-16-14(4)17(12(2)13(3)18(16)23-15)24-25(20,21)22-11-6-10-19/h15H,5-11,19H2,1-4H3,(H,20,21). The maximum absolute atomic E-state index is 12.1. The fraction of sp³-hybridized carbons (Fsp3) is 0.667. The molecular weight excluding hydrogens is 341 g/mol. The van der Waals surface area contributed by atoms with Crippen LogP contribution < -0.4 is 19.9 Å². The number of benzene rings is 1. The summed E-state index contributed by atoms with van der Waals surface area (Å²) in [5.74, 6) is 1.27. The molecule has 2 atom stereocenters. The second-order valence-corrected chi connectivity index (χ2v) is 7.99. The van der Waals surface area contributed by atoms with Crippen molar-refractivity contribution in [1.29, 1.82) is 0 Å². The van der Waals surface area contributed by atoms with Gasteiger partial charge in [-0.05, 0) is 56.7 Å². The lowest BCUT2D eigenvalue weighted by molar-refractivity contribution is -0.369. The first-order chi connectivity index (χ1) is 11.8. The highest BCUT2D eigenvalue weighted by Gasteiger charge is 2.27. The molecule has 0 bridgehead atoms. The van der Waals surface area contributed by atoms with Crippen molar-refractivity contribution in [1.82, 2.24) is 0 Å². The fourth-order valence-corrected chi connectivity index (χ4v) is 4.13. The number of hydrogen-bond acceptors (Lipinski definition) is 5. The first kappa shape index (κ1) is 20.2. The smallest absolute Gasteiger partial charge is 0.319 e. The number of rotatable bonds is 8. The Kier molecular flexibility index (Phi) is 6.92. The van der Waals surface area contributed by atoms with Crippen LogP contribution in [0.3, 0.4) is 0 Å². The van der Waals surface area contributed by atoms with Crippen LogP contribution in [0.2, 0.25) is 0 Å². The zero-order valence-corrected chi connectivity index (χ0v) is 16.6. The second-order valence-electron chi connectivity index (χ2n) is 6.66. The summed E-state index contributed by atoms with van der Waals surface area (Å²) in [5.41, 5.74) is 7.26. The van der Waals surface area contributed by atoms with Crippen molar-refractivity contribution < 1.29 is 29.0 Å². The molecule has 0 amide bonds. The van der Waals surface area contributed by atoms with Gasteiger partial charge in [0, 0.05) is 12.0 Å². The van der Waals surface area contributed by atoms with Crippen LogP contribution in [0.25, 0.3) is 0 Å². The van der Waals surface area contributed by atoms with Gasteiger partial charge in [-0.15, -0.1) is 0 Å². The van der Waals surface area contributed by atoms with Gasteiger partial charge in [-0.2, -0.15) is 0 Å². The second kappa shape index (κ2) is 8.54. The third kappa shape index (κ3) is 4.76. The molecule has 0 aromatic heterocycles. The predicted molar refractivity (Wildman–Crippen MR) is 94.9 cm³/mol. The van der Waals surface area contributed by atoms with E-state index in [4.69, 9.17) is 13.8 Å². The Morgan fingerprint density at radius 2 is 2.00 bits per heavy atom. The summed E-state index contributed by atoms with van der Waals surface area (Å²) in [5, 5.41) is 0. The largest absolute Gasteiger partial charge is 0.746 e. The van der Waals surface area contributed by atoms with Gasteiger partial charge in [0.2, 0.25) is 0 Å². The molecule has 0 radical (unpaired) electrons. The van der Waals surface area contributed by atoms with Gasteiger partial charge in [0.15, 0.2) is 0 Å². The lowest BCUT2D eigenvalue weighted by Gasteiger charge is -2.32. The quantitative estimate of drug-likeness (QED) is 0.560. The minimum absolute atomic E-state index is 0.0914. The third-order valence-electron chi connectivity index (χ3n) is 4.77. The van der Waals surface area contributed by atoms with Gasteiger partial charge < -0.3 is 24.4 Å². The molecule has 142 valence electrons. The molecule has 25 heavy (non-hydrogen) atoms. The Morgan fingerprint density at radius 3 is 2.64 bits per heavy atom. The molecule has 0 spiro atoms. The van der Waals surface area contributed by atoms with Gasteiger partial charge in [-0.3, -0.25) is 4.57 Å². The highest BCUT2D eigenvalue weighted by Crippen LogP contribution is 2.47. The van der Waals surface area contributed by atoms with Gasteiger partial charge in [0.05, 0.1) is 19.3 Å². The van der Waals surface area contributed by atoms with Crippen LogP contribution in [0.5, 0.6) is 11.5 Å². The van der Waals surface area contributed by atoms with E-state index in [1.54, 1.807) is 0 Å². The summed E-state index contributed by atoms with van der Waals surface area (Å²) >= 11 is 0.